The number of benzene rings is 2. The van der Waals surface area contributed by atoms with Crippen molar-refractivity contribution in [3.63, 3.8) is 0 Å². The van der Waals surface area contributed by atoms with E-state index in [4.69, 9.17) is 16.3 Å². The van der Waals surface area contributed by atoms with Crippen LogP contribution in [0.25, 0.3) is 10.6 Å². The summed E-state index contributed by atoms with van der Waals surface area (Å²) >= 11 is 7.49. The zero-order valence-electron chi connectivity index (χ0n) is 12.5. The predicted octanol–water partition coefficient (Wildman–Crippen LogP) is 4.84. The van der Waals surface area contributed by atoms with Gasteiger partial charge in [0.2, 0.25) is 0 Å². The lowest BCUT2D eigenvalue weighted by Gasteiger charge is -2.06. The number of carbonyl (C=O) groups is 1. The molecule has 0 saturated heterocycles. The molecule has 0 unspecified atom stereocenters. The molecule has 0 aliphatic rings. The van der Waals surface area contributed by atoms with Gasteiger partial charge in [-0.25, -0.2) is 9.78 Å². The topological polar surface area (TPSA) is 39.2 Å². The fourth-order valence-electron chi connectivity index (χ4n) is 2.29. The summed E-state index contributed by atoms with van der Waals surface area (Å²) in [6.45, 7) is 0. The van der Waals surface area contributed by atoms with Gasteiger partial charge >= 0.3 is 5.97 Å². The van der Waals surface area contributed by atoms with Crippen LogP contribution in [-0.4, -0.2) is 18.1 Å². The van der Waals surface area contributed by atoms with Gasteiger partial charge in [0.25, 0.3) is 0 Å². The average molecular weight is 344 g/mol. The Morgan fingerprint density at radius 2 is 1.91 bits per heavy atom. The molecule has 0 fully saturated rings. The number of thiazole rings is 1. The minimum absolute atomic E-state index is 0.325. The number of ether oxygens (including phenoxy) is 1. The molecule has 23 heavy (non-hydrogen) atoms. The molecule has 0 N–H and O–H groups in total. The Morgan fingerprint density at radius 3 is 2.65 bits per heavy atom. The molecular formula is C18H14ClNO2S. The van der Waals surface area contributed by atoms with Crippen molar-refractivity contribution in [2.45, 2.75) is 6.42 Å². The van der Waals surface area contributed by atoms with Gasteiger partial charge in [0.1, 0.15) is 5.01 Å². The first kappa shape index (κ1) is 15.7. The summed E-state index contributed by atoms with van der Waals surface area (Å²) in [4.78, 5) is 16.5. The number of carbonyl (C=O) groups excluding carboxylic acids is 1. The van der Waals surface area contributed by atoms with Crippen molar-refractivity contribution < 1.29 is 9.53 Å². The van der Waals surface area contributed by atoms with Crippen molar-refractivity contribution in [2.24, 2.45) is 0 Å². The molecule has 0 saturated carbocycles. The van der Waals surface area contributed by atoms with E-state index in [-0.39, 0.29) is 5.97 Å². The van der Waals surface area contributed by atoms with Gasteiger partial charge in [-0.2, -0.15) is 0 Å². The maximum absolute atomic E-state index is 11.8. The third-order valence-electron chi connectivity index (χ3n) is 3.44. The minimum Gasteiger partial charge on any atom is -0.465 e. The molecule has 2 aromatic carbocycles. The number of nitrogens with zero attached hydrogens (tertiary/aromatic N) is 1. The Bertz CT molecular complexity index is 827. The number of hydrogen-bond acceptors (Lipinski definition) is 4. The summed E-state index contributed by atoms with van der Waals surface area (Å²) in [7, 11) is 1.39. The number of hydrogen-bond donors (Lipinski definition) is 0. The van der Waals surface area contributed by atoms with Crippen LogP contribution in [0.2, 0.25) is 5.02 Å². The van der Waals surface area contributed by atoms with Gasteiger partial charge in [-0.3, -0.25) is 0 Å². The Labute approximate surface area is 143 Å². The molecule has 5 heteroatoms. The van der Waals surface area contributed by atoms with Crippen LogP contribution in [0.15, 0.2) is 53.9 Å². The molecular weight excluding hydrogens is 330 g/mol. The van der Waals surface area contributed by atoms with Crippen LogP contribution in [0.1, 0.15) is 21.6 Å². The highest BCUT2D eigenvalue weighted by molar-refractivity contribution is 7.13. The van der Waals surface area contributed by atoms with Crippen molar-refractivity contribution >= 4 is 28.9 Å². The number of rotatable bonds is 4. The zero-order chi connectivity index (χ0) is 16.2. The van der Waals surface area contributed by atoms with E-state index in [1.54, 1.807) is 17.4 Å². The van der Waals surface area contributed by atoms with Gasteiger partial charge in [-0.15, -0.1) is 11.3 Å². The summed E-state index contributed by atoms with van der Waals surface area (Å²) in [5, 5.41) is 3.66. The quantitative estimate of drug-likeness (QED) is 0.636. The fourth-order valence-corrected chi connectivity index (χ4v) is 3.24. The number of aromatic nitrogens is 1. The predicted molar refractivity (Wildman–Crippen MR) is 93.1 cm³/mol. The van der Waals surface area contributed by atoms with Crippen LogP contribution < -0.4 is 0 Å². The summed E-state index contributed by atoms with van der Waals surface area (Å²) in [5.74, 6) is -0.325. The monoisotopic (exact) mass is 343 g/mol. The molecule has 1 aromatic heterocycles. The van der Waals surface area contributed by atoms with Crippen molar-refractivity contribution in [3.05, 3.63) is 75.8 Å². The smallest absolute Gasteiger partial charge is 0.338 e. The molecule has 0 aliphatic heterocycles. The number of esters is 1. The van der Waals surface area contributed by atoms with E-state index >= 15 is 0 Å². The van der Waals surface area contributed by atoms with Crippen LogP contribution in [-0.2, 0) is 11.2 Å². The van der Waals surface area contributed by atoms with Crippen molar-refractivity contribution in [2.75, 3.05) is 7.11 Å². The second-order valence-corrected chi connectivity index (χ2v) is 6.27. The summed E-state index contributed by atoms with van der Waals surface area (Å²) < 4.78 is 4.83. The van der Waals surface area contributed by atoms with Gasteiger partial charge < -0.3 is 4.74 Å². The standard InChI is InChI=1S/C18H14ClNO2S/c1-22-18(21)16-5-3-2-4-13(16)10-15-11-23-17(20-15)12-6-8-14(19)9-7-12/h2-9,11H,10H2,1H3. The fraction of sp³-hybridized carbons (Fsp3) is 0.111. The third kappa shape index (κ3) is 3.60. The highest BCUT2D eigenvalue weighted by Gasteiger charge is 2.13. The van der Waals surface area contributed by atoms with Crippen molar-refractivity contribution in [1.82, 2.24) is 4.98 Å². The van der Waals surface area contributed by atoms with E-state index in [9.17, 15) is 4.79 Å². The van der Waals surface area contributed by atoms with Gasteiger partial charge in [-0.1, -0.05) is 41.9 Å². The highest BCUT2D eigenvalue weighted by Crippen LogP contribution is 2.26. The number of halogens is 1. The summed E-state index contributed by atoms with van der Waals surface area (Å²) in [6, 6.07) is 15.0. The molecule has 0 amide bonds. The average Bonchev–Trinajstić information content (AvgIpc) is 3.04. The Morgan fingerprint density at radius 1 is 1.17 bits per heavy atom. The SMILES string of the molecule is COC(=O)c1ccccc1Cc1csc(-c2ccc(Cl)cc2)n1. The van der Waals surface area contributed by atoms with Crippen LogP contribution in [0.3, 0.4) is 0 Å². The molecule has 0 atom stereocenters. The lowest BCUT2D eigenvalue weighted by Crippen LogP contribution is -2.06. The first-order valence-corrected chi connectivity index (χ1v) is 8.29. The molecule has 0 radical (unpaired) electrons. The Hall–Kier alpha value is -2.17. The second-order valence-electron chi connectivity index (χ2n) is 4.98. The van der Waals surface area contributed by atoms with E-state index < -0.39 is 0 Å². The van der Waals surface area contributed by atoms with E-state index in [1.807, 2.05) is 47.8 Å². The van der Waals surface area contributed by atoms with Gasteiger partial charge in [0.05, 0.1) is 18.4 Å². The Kier molecular flexibility index (Phi) is 4.74. The minimum atomic E-state index is -0.325. The van der Waals surface area contributed by atoms with Gasteiger partial charge in [-0.05, 0) is 23.8 Å². The van der Waals surface area contributed by atoms with Crippen LogP contribution in [0.4, 0.5) is 0 Å². The lowest BCUT2D eigenvalue weighted by atomic mass is 10.0. The molecule has 3 aromatic rings. The molecule has 1 heterocycles. The summed E-state index contributed by atoms with van der Waals surface area (Å²) in [5.41, 5.74) is 3.45. The van der Waals surface area contributed by atoms with Crippen LogP contribution >= 0.6 is 22.9 Å². The normalized spacial score (nSPS) is 10.5. The van der Waals surface area contributed by atoms with E-state index in [1.165, 1.54) is 7.11 Å². The van der Waals surface area contributed by atoms with Crippen molar-refractivity contribution in [3.8, 4) is 10.6 Å². The largest absolute Gasteiger partial charge is 0.465 e. The zero-order valence-corrected chi connectivity index (χ0v) is 14.0. The Balaban J connectivity index is 1.85. The molecule has 3 rings (SSSR count). The molecule has 3 nitrogen and oxygen atoms in total. The van der Waals surface area contributed by atoms with Gasteiger partial charge in [0, 0.05) is 22.4 Å². The highest BCUT2D eigenvalue weighted by atomic mass is 35.5. The molecule has 116 valence electrons. The maximum Gasteiger partial charge on any atom is 0.338 e. The number of methoxy groups -OCH3 is 1. The second kappa shape index (κ2) is 6.94. The van der Waals surface area contributed by atoms with Crippen LogP contribution in [0, 0.1) is 0 Å². The molecule has 0 aliphatic carbocycles. The van der Waals surface area contributed by atoms with Gasteiger partial charge in [0.15, 0.2) is 0 Å². The molecule has 0 spiro atoms. The van der Waals surface area contributed by atoms with E-state index in [2.05, 4.69) is 4.98 Å². The maximum atomic E-state index is 11.8. The first-order chi connectivity index (χ1) is 11.2. The van der Waals surface area contributed by atoms with Crippen molar-refractivity contribution in [1.29, 1.82) is 0 Å². The summed E-state index contributed by atoms with van der Waals surface area (Å²) in [6.07, 6.45) is 0.593. The molecule has 0 bridgehead atoms. The van der Waals surface area contributed by atoms with E-state index in [0.717, 1.165) is 21.8 Å². The third-order valence-corrected chi connectivity index (χ3v) is 4.63. The lowest BCUT2D eigenvalue weighted by molar-refractivity contribution is 0.0599. The van der Waals surface area contributed by atoms with E-state index in [0.29, 0.717) is 17.0 Å². The van der Waals surface area contributed by atoms with Crippen LogP contribution in [0.5, 0.6) is 0 Å². The first-order valence-electron chi connectivity index (χ1n) is 7.04.